The molecule has 128 valence electrons. The normalized spacial score (nSPS) is 10.6. The molecule has 0 aliphatic heterocycles. The zero-order chi connectivity index (χ0) is 17.8. The van der Waals surface area contributed by atoms with E-state index in [4.69, 9.17) is 0 Å². The Morgan fingerprint density at radius 3 is 2.77 bits per heavy atom. The van der Waals surface area contributed by atoms with Crippen LogP contribution in [0.2, 0.25) is 0 Å². The van der Waals surface area contributed by atoms with E-state index in [1.165, 1.54) is 11.3 Å². The van der Waals surface area contributed by atoms with E-state index in [-0.39, 0.29) is 12.3 Å². The molecular weight excluding hydrogens is 346 g/mol. The number of carbonyl (C=O) groups is 1. The quantitative estimate of drug-likeness (QED) is 0.590. The van der Waals surface area contributed by atoms with Gasteiger partial charge in [0.1, 0.15) is 5.01 Å². The molecule has 26 heavy (non-hydrogen) atoms. The van der Waals surface area contributed by atoms with Gasteiger partial charge in [-0.2, -0.15) is 5.10 Å². The number of hydrogen-bond acceptors (Lipinski definition) is 5. The molecule has 0 aliphatic carbocycles. The van der Waals surface area contributed by atoms with Gasteiger partial charge in [0.25, 0.3) is 0 Å². The molecule has 1 aromatic carbocycles. The molecule has 0 radical (unpaired) electrons. The molecule has 7 heteroatoms. The van der Waals surface area contributed by atoms with Crippen LogP contribution in [-0.4, -0.2) is 25.7 Å². The molecule has 6 nitrogen and oxygen atoms in total. The minimum atomic E-state index is -0.123. The Bertz CT molecular complexity index is 1010. The van der Waals surface area contributed by atoms with Crippen molar-refractivity contribution in [1.29, 1.82) is 0 Å². The van der Waals surface area contributed by atoms with E-state index >= 15 is 0 Å². The van der Waals surface area contributed by atoms with E-state index < -0.39 is 0 Å². The number of pyridine rings is 1. The lowest BCUT2D eigenvalue weighted by Gasteiger charge is -2.10. The fourth-order valence-electron chi connectivity index (χ4n) is 2.54. The molecule has 0 fully saturated rings. The average Bonchev–Trinajstić information content (AvgIpc) is 3.35. The van der Waals surface area contributed by atoms with Crippen LogP contribution in [0.25, 0.3) is 16.4 Å². The molecular formula is C19H15N5OS. The standard InChI is InChI=1S/C19H15N5OS/c25-18(12-14-13-26-19(22-14)16-7-3-4-9-20-16)23-15-6-1-2-8-17(15)24-11-5-10-21-24/h1-11,13H,12H2,(H,23,25). The zero-order valence-corrected chi connectivity index (χ0v) is 14.6. The monoisotopic (exact) mass is 361 g/mol. The van der Waals surface area contributed by atoms with E-state index in [2.05, 4.69) is 20.4 Å². The number of amides is 1. The Kier molecular flexibility index (Phi) is 4.53. The molecule has 3 aromatic heterocycles. The van der Waals surface area contributed by atoms with Crippen molar-refractivity contribution in [3.8, 4) is 16.4 Å². The van der Waals surface area contributed by atoms with E-state index in [9.17, 15) is 4.79 Å². The van der Waals surface area contributed by atoms with Crippen molar-refractivity contribution >= 4 is 22.9 Å². The van der Waals surface area contributed by atoms with Gasteiger partial charge < -0.3 is 5.32 Å². The van der Waals surface area contributed by atoms with Crippen molar-refractivity contribution in [1.82, 2.24) is 19.7 Å². The average molecular weight is 361 g/mol. The first-order valence-corrected chi connectivity index (χ1v) is 8.92. The van der Waals surface area contributed by atoms with E-state index in [1.807, 2.05) is 60.1 Å². The summed E-state index contributed by atoms with van der Waals surface area (Å²) in [5, 5.41) is 9.87. The number of nitrogens with one attached hydrogen (secondary N) is 1. The maximum Gasteiger partial charge on any atom is 0.230 e. The van der Waals surface area contributed by atoms with Crippen LogP contribution in [0.4, 0.5) is 5.69 Å². The molecule has 0 aliphatic rings. The number of nitrogens with zero attached hydrogens (tertiary/aromatic N) is 4. The van der Waals surface area contributed by atoms with Gasteiger partial charge >= 0.3 is 0 Å². The van der Waals surface area contributed by atoms with Crippen LogP contribution >= 0.6 is 11.3 Å². The SMILES string of the molecule is O=C(Cc1csc(-c2ccccn2)n1)Nc1ccccc1-n1cccn1. The molecule has 3 heterocycles. The minimum Gasteiger partial charge on any atom is -0.324 e. The predicted octanol–water partition coefficient (Wildman–Crippen LogP) is 3.57. The van der Waals surface area contributed by atoms with E-state index in [0.29, 0.717) is 5.69 Å². The Morgan fingerprint density at radius 2 is 1.96 bits per heavy atom. The van der Waals surface area contributed by atoms with Gasteiger partial charge in [0.2, 0.25) is 5.91 Å². The lowest BCUT2D eigenvalue weighted by molar-refractivity contribution is -0.115. The van der Waals surface area contributed by atoms with Gasteiger partial charge in [-0.05, 0) is 30.3 Å². The summed E-state index contributed by atoms with van der Waals surface area (Å²) in [4.78, 5) is 21.3. The van der Waals surface area contributed by atoms with E-state index in [1.54, 1.807) is 17.1 Å². The summed E-state index contributed by atoms with van der Waals surface area (Å²) in [7, 11) is 0. The number of hydrogen-bond donors (Lipinski definition) is 1. The van der Waals surface area contributed by atoms with Crippen LogP contribution in [0.5, 0.6) is 0 Å². The molecule has 0 unspecified atom stereocenters. The molecule has 0 bridgehead atoms. The number of aromatic nitrogens is 4. The van der Waals surface area contributed by atoms with Crippen LogP contribution in [0.15, 0.2) is 72.5 Å². The highest BCUT2D eigenvalue weighted by Gasteiger charge is 2.12. The summed E-state index contributed by atoms with van der Waals surface area (Å²) in [5.41, 5.74) is 3.07. The van der Waals surface area contributed by atoms with Crippen molar-refractivity contribution < 1.29 is 4.79 Å². The number of carbonyl (C=O) groups excluding carboxylic acids is 1. The van der Waals surface area contributed by atoms with Gasteiger partial charge in [-0.15, -0.1) is 11.3 Å². The van der Waals surface area contributed by atoms with Crippen molar-refractivity contribution in [3.05, 3.63) is 78.2 Å². The first-order chi connectivity index (χ1) is 12.8. The highest BCUT2D eigenvalue weighted by molar-refractivity contribution is 7.13. The second-order valence-corrected chi connectivity index (χ2v) is 6.41. The minimum absolute atomic E-state index is 0.123. The van der Waals surface area contributed by atoms with Gasteiger partial charge in [-0.1, -0.05) is 18.2 Å². The summed E-state index contributed by atoms with van der Waals surface area (Å²) in [6, 6.07) is 15.1. The third-order valence-corrected chi connectivity index (χ3v) is 4.62. The molecule has 1 N–H and O–H groups in total. The summed E-state index contributed by atoms with van der Waals surface area (Å²) >= 11 is 1.48. The number of anilines is 1. The van der Waals surface area contributed by atoms with Crippen LogP contribution in [0.1, 0.15) is 5.69 Å². The fraction of sp³-hybridized carbons (Fsp3) is 0.0526. The van der Waals surface area contributed by atoms with Crippen molar-refractivity contribution in [2.45, 2.75) is 6.42 Å². The van der Waals surface area contributed by atoms with Gasteiger partial charge in [-0.25, -0.2) is 9.67 Å². The molecule has 4 rings (SSSR count). The van der Waals surface area contributed by atoms with Crippen molar-refractivity contribution in [2.75, 3.05) is 5.32 Å². The Labute approximate surface area is 154 Å². The Balaban J connectivity index is 1.48. The number of rotatable bonds is 5. The van der Waals surface area contributed by atoms with Gasteiger partial charge in [0.05, 0.1) is 29.2 Å². The number of para-hydroxylation sites is 2. The first-order valence-electron chi connectivity index (χ1n) is 8.04. The van der Waals surface area contributed by atoms with Crippen molar-refractivity contribution in [2.24, 2.45) is 0 Å². The second-order valence-electron chi connectivity index (χ2n) is 5.55. The summed E-state index contributed by atoms with van der Waals surface area (Å²) in [6.07, 6.45) is 5.48. The van der Waals surface area contributed by atoms with Crippen LogP contribution < -0.4 is 5.32 Å². The summed E-state index contributed by atoms with van der Waals surface area (Å²) in [6.45, 7) is 0. The second kappa shape index (κ2) is 7.28. The first kappa shape index (κ1) is 16.2. The molecule has 4 aromatic rings. The molecule has 0 saturated carbocycles. The summed E-state index contributed by atoms with van der Waals surface area (Å²) in [5.74, 6) is -0.123. The Hall–Kier alpha value is -3.32. The third kappa shape index (κ3) is 3.52. The van der Waals surface area contributed by atoms with Crippen LogP contribution in [-0.2, 0) is 11.2 Å². The number of thiazole rings is 1. The maximum absolute atomic E-state index is 12.5. The number of benzene rings is 1. The van der Waals surface area contributed by atoms with Gasteiger partial charge in [-0.3, -0.25) is 9.78 Å². The topological polar surface area (TPSA) is 72.7 Å². The molecule has 1 amide bonds. The fourth-order valence-corrected chi connectivity index (χ4v) is 3.34. The van der Waals surface area contributed by atoms with Crippen LogP contribution in [0, 0.1) is 0 Å². The predicted molar refractivity (Wildman–Crippen MR) is 101 cm³/mol. The smallest absolute Gasteiger partial charge is 0.230 e. The van der Waals surface area contributed by atoms with E-state index in [0.717, 1.165) is 22.1 Å². The van der Waals surface area contributed by atoms with Crippen molar-refractivity contribution in [3.63, 3.8) is 0 Å². The molecule has 0 atom stereocenters. The highest BCUT2D eigenvalue weighted by atomic mass is 32.1. The lowest BCUT2D eigenvalue weighted by atomic mass is 10.2. The maximum atomic E-state index is 12.5. The van der Waals surface area contributed by atoms with Crippen LogP contribution in [0.3, 0.4) is 0 Å². The van der Waals surface area contributed by atoms with Gasteiger partial charge in [0.15, 0.2) is 0 Å². The molecule has 0 spiro atoms. The largest absolute Gasteiger partial charge is 0.324 e. The van der Waals surface area contributed by atoms with Gasteiger partial charge in [0, 0.05) is 24.0 Å². The highest BCUT2D eigenvalue weighted by Crippen LogP contribution is 2.22. The molecule has 0 saturated heterocycles. The Morgan fingerprint density at radius 1 is 1.08 bits per heavy atom. The third-order valence-electron chi connectivity index (χ3n) is 3.71. The lowest BCUT2D eigenvalue weighted by Crippen LogP contribution is -2.16. The summed E-state index contributed by atoms with van der Waals surface area (Å²) < 4.78 is 1.72. The zero-order valence-electron chi connectivity index (χ0n) is 13.7.